The maximum Gasteiger partial charge on any atom is 0.386 e. The van der Waals surface area contributed by atoms with E-state index >= 15 is 0 Å². The van der Waals surface area contributed by atoms with Gasteiger partial charge in [-0.15, -0.1) is 0 Å². The van der Waals surface area contributed by atoms with Gasteiger partial charge in [0.15, 0.2) is 11.5 Å². The van der Waals surface area contributed by atoms with Crippen molar-refractivity contribution in [2.75, 3.05) is 18.9 Å². The molecule has 0 radical (unpaired) electrons. The second kappa shape index (κ2) is 10.5. The summed E-state index contributed by atoms with van der Waals surface area (Å²) in [6, 6.07) is 0. The monoisotopic (exact) mass is 571 g/mol. The van der Waals surface area contributed by atoms with Gasteiger partial charge < -0.3 is 25.4 Å². The number of H-pyrrole nitrogens is 1. The largest absolute Gasteiger partial charge is 0.394 e. The smallest absolute Gasteiger partial charge is 0.386 e. The Labute approximate surface area is 219 Å². The van der Waals surface area contributed by atoms with Crippen LogP contribution >= 0.6 is 19.0 Å². The molecule has 0 aromatic carbocycles. The molecule has 5 N–H and O–H groups in total. The summed E-state index contributed by atoms with van der Waals surface area (Å²) < 4.78 is 38.4. The molecule has 5 rings (SSSR count). The summed E-state index contributed by atoms with van der Waals surface area (Å²) in [5, 5.41) is 20.2. The molecule has 0 saturated carbocycles. The molecule has 0 amide bonds. The third-order valence-electron chi connectivity index (χ3n) is 6.39. The van der Waals surface area contributed by atoms with Crippen molar-refractivity contribution in [3.63, 3.8) is 0 Å². The SMILES string of the molecule is Cc1cn([C@H]2C[C@@H](O)[C@@H](CO[P@](=O)(S)O[C@@H]3C[C@H](n4cnc5c(N)ncnc54)O[C@@H]3CO)O2)c(=O)[nH]c1=O. The second-order valence-corrected chi connectivity index (χ2v) is 11.8. The summed E-state index contributed by atoms with van der Waals surface area (Å²) in [5.41, 5.74) is 5.73. The summed E-state index contributed by atoms with van der Waals surface area (Å²) in [6.45, 7) is -3.28. The molecular formula is C20H26N7O9PS. The lowest BCUT2D eigenvalue weighted by Crippen LogP contribution is -2.33. The van der Waals surface area contributed by atoms with Gasteiger partial charge in [0.05, 0.1) is 25.6 Å². The van der Waals surface area contributed by atoms with Crippen molar-refractivity contribution in [3.05, 3.63) is 45.3 Å². The number of aliphatic hydroxyl groups excluding tert-OH is 2. The molecule has 206 valence electrons. The molecule has 5 heterocycles. The minimum Gasteiger partial charge on any atom is -0.394 e. The van der Waals surface area contributed by atoms with Crippen LogP contribution in [0, 0.1) is 6.92 Å². The summed E-state index contributed by atoms with van der Waals surface area (Å²) in [4.78, 5) is 38.2. The molecule has 3 aromatic rings. The number of fused-ring (bicyclic) bond motifs is 1. The molecule has 0 aliphatic carbocycles. The molecule has 0 spiro atoms. The number of ether oxygens (including phenoxy) is 2. The number of thiol groups is 1. The van der Waals surface area contributed by atoms with Gasteiger partial charge in [0, 0.05) is 24.6 Å². The first-order valence-electron chi connectivity index (χ1n) is 11.6. The number of nitrogen functional groups attached to an aromatic ring is 1. The zero-order valence-corrected chi connectivity index (χ0v) is 21.8. The lowest BCUT2D eigenvalue weighted by atomic mass is 10.2. The summed E-state index contributed by atoms with van der Waals surface area (Å²) in [5.74, 6) is 0.200. The molecule has 2 saturated heterocycles. The number of rotatable bonds is 8. The van der Waals surface area contributed by atoms with Gasteiger partial charge in [-0.25, -0.2) is 24.3 Å². The van der Waals surface area contributed by atoms with Gasteiger partial charge in [0.25, 0.3) is 5.56 Å². The summed E-state index contributed by atoms with van der Waals surface area (Å²) >= 11 is 4.04. The minimum absolute atomic E-state index is 0.0365. The van der Waals surface area contributed by atoms with E-state index in [2.05, 4.69) is 32.2 Å². The van der Waals surface area contributed by atoms with Crippen molar-refractivity contribution in [2.24, 2.45) is 0 Å². The number of nitrogens with zero attached hydrogens (tertiary/aromatic N) is 5. The fourth-order valence-corrected chi connectivity index (χ4v) is 5.96. The van der Waals surface area contributed by atoms with Crippen molar-refractivity contribution >= 4 is 36.0 Å². The summed E-state index contributed by atoms with van der Waals surface area (Å²) in [7, 11) is 0. The van der Waals surface area contributed by atoms with E-state index in [1.807, 2.05) is 0 Å². The Bertz CT molecular complexity index is 1500. The quantitative estimate of drug-likeness (QED) is 0.172. The standard InChI is InChI=1S/C20H26N7O9PS/c1-9-4-26(20(31)25-19(9)30)14-2-10(29)13(35-14)6-33-37(32,38)36-11-3-15(34-12(11)5-28)27-8-24-16-17(21)22-7-23-18(16)27/h4,7-8,10-15,28-29H,2-3,5-6H2,1H3,(H,32,38)(H2,21,22,23)(H,25,30,31)/t10-,11-,12-,13-,14-,15-,37+/m1/s1. The maximum atomic E-state index is 13.0. The first-order chi connectivity index (χ1) is 18.1. The fraction of sp³-hybridized carbons (Fsp3) is 0.550. The van der Waals surface area contributed by atoms with Crippen molar-refractivity contribution < 1.29 is 33.3 Å². The molecule has 2 aliphatic heterocycles. The van der Waals surface area contributed by atoms with Crippen LogP contribution in [0.3, 0.4) is 0 Å². The number of aliphatic hydroxyl groups is 2. The fourth-order valence-electron chi connectivity index (χ4n) is 4.43. The van der Waals surface area contributed by atoms with Gasteiger partial charge in [0.2, 0.25) is 0 Å². The van der Waals surface area contributed by atoms with Crippen LogP contribution in [0.1, 0.15) is 30.9 Å². The lowest BCUT2D eigenvalue weighted by molar-refractivity contribution is -0.0498. The van der Waals surface area contributed by atoms with Crippen molar-refractivity contribution in [2.45, 2.75) is 56.6 Å². The molecule has 38 heavy (non-hydrogen) atoms. The molecule has 18 heteroatoms. The second-order valence-electron chi connectivity index (χ2n) is 8.95. The molecular weight excluding hydrogens is 545 g/mol. The Kier molecular flexibility index (Phi) is 7.45. The number of imidazole rings is 1. The van der Waals surface area contributed by atoms with Gasteiger partial charge in [-0.2, -0.15) is 0 Å². The van der Waals surface area contributed by atoms with E-state index in [1.54, 1.807) is 4.57 Å². The Morgan fingerprint density at radius 1 is 1.21 bits per heavy atom. The van der Waals surface area contributed by atoms with Crippen LogP contribution < -0.4 is 17.0 Å². The van der Waals surface area contributed by atoms with Crippen LogP contribution in [0.4, 0.5) is 5.82 Å². The van der Waals surface area contributed by atoms with Crippen molar-refractivity contribution in [1.82, 2.24) is 29.1 Å². The van der Waals surface area contributed by atoms with Crippen LogP contribution in [-0.4, -0.2) is 76.9 Å². The van der Waals surface area contributed by atoms with E-state index in [9.17, 15) is 24.4 Å². The minimum atomic E-state index is -4.02. The van der Waals surface area contributed by atoms with Crippen LogP contribution in [0.25, 0.3) is 11.2 Å². The number of aryl methyl sites for hydroxylation is 1. The van der Waals surface area contributed by atoms with Crippen molar-refractivity contribution in [3.8, 4) is 0 Å². The third kappa shape index (κ3) is 5.28. The Morgan fingerprint density at radius 3 is 2.71 bits per heavy atom. The highest BCUT2D eigenvalue weighted by Crippen LogP contribution is 2.56. The zero-order valence-electron chi connectivity index (χ0n) is 20.0. The molecule has 0 unspecified atom stereocenters. The average molecular weight is 572 g/mol. The lowest BCUT2D eigenvalue weighted by Gasteiger charge is -2.22. The van der Waals surface area contributed by atoms with E-state index < -0.39 is 61.5 Å². The van der Waals surface area contributed by atoms with E-state index in [1.165, 1.54) is 25.8 Å². The van der Waals surface area contributed by atoms with Gasteiger partial charge >= 0.3 is 12.5 Å². The highest BCUT2D eigenvalue weighted by molar-refractivity contribution is 8.44. The summed E-state index contributed by atoms with van der Waals surface area (Å²) in [6.07, 6.45) is -0.963. The number of hydrogen-bond donors (Lipinski definition) is 5. The van der Waals surface area contributed by atoms with E-state index in [0.29, 0.717) is 16.7 Å². The van der Waals surface area contributed by atoms with Gasteiger partial charge in [-0.05, 0) is 6.92 Å². The van der Waals surface area contributed by atoms with E-state index in [-0.39, 0.29) is 25.3 Å². The predicted molar refractivity (Wildman–Crippen MR) is 133 cm³/mol. The van der Waals surface area contributed by atoms with Crippen LogP contribution in [0.2, 0.25) is 0 Å². The number of nitrogens with two attached hydrogens (primary N) is 1. The topological polar surface area (TPSA) is 219 Å². The number of aromatic nitrogens is 6. The number of hydrogen-bond acceptors (Lipinski definition) is 13. The van der Waals surface area contributed by atoms with Crippen LogP contribution in [0.5, 0.6) is 0 Å². The Morgan fingerprint density at radius 2 is 1.95 bits per heavy atom. The molecule has 7 atom stereocenters. The van der Waals surface area contributed by atoms with Crippen LogP contribution in [0.15, 0.2) is 28.4 Å². The highest BCUT2D eigenvalue weighted by Gasteiger charge is 2.42. The van der Waals surface area contributed by atoms with Gasteiger partial charge in [-0.3, -0.25) is 28.0 Å². The van der Waals surface area contributed by atoms with Crippen molar-refractivity contribution in [1.29, 1.82) is 0 Å². The van der Waals surface area contributed by atoms with E-state index in [4.69, 9.17) is 24.3 Å². The van der Waals surface area contributed by atoms with E-state index in [0.717, 1.165) is 4.57 Å². The third-order valence-corrected chi connectivity index (χ3v) is 8.03. The van der Waals surface area contributed by atoms with Crippen LogP contribution in [-0.2, 0) is 23.1 Å². The first kappa shape index (κ1) is 27.0. The first-order valence-corrected chi connectivity index (χ1v) is 14.3. The highest BCUT2D eigenvalue weighted by atomic mass is 32.7. The average Bonchev–Trinajstić information content (AvgIpc) is 3.57. The molecule has 0 bridgehead atoms. The number of nitrogens with one attached hydrogen (secondary N) is 1. The van der Waals surface area contributed by atoms with Gasteiger partial charge in [-0.1, -0.05) is 12.2 Å². The van der Waals surface area contributed by atoms with Gasteiger partial charge in [0.1, 0.15) is 42.6 Å². The molecule has 16 nitrogen and oxygen atoms in total. The number of aromatic amines is 1. The molecule has 2 aliphatic rings. The Balaban J connectivity index is 1.22. The zero-order chi connectivity index (χ0) is 27.2. The Hall–Kier alpha value is -2.63. The molecule has 3 aromatic heterocycles. The predicted octanol–water partition coefficient (Wildman–Crippen LogP) is -0.365. The number of anilines is 1. The normalized spacial score (nSPS) is 29.2. The molecule has 2 fully saturated rings. The maximum absolute atomic E-state index is 13.0.